The van der Waals surface area contributed by atoms with E-state index in [0.717, 1.165) is 55.5 Å². The maximum atomic E-state index is 6.67. The lowest BCUT2D eigenvalue weighted by Gasteiger charge is -2.27. The summed E-state index contributed by atoms with van der Waals surface area (Å²) >= 11 is 0. The summed E-state index contributed by atoms with van der Waals surface area (Å²) in [4.78, 5) is 2.37. The molecule has 0 aliphatic carbocycles. The Bertz CT molecular complexity index is 2910. The Hall–Kier alpha value is -7.16. The molecular weight excluding hydrogens is 655 g/mol. The van der Waals surface area contributed by atoms with Crippen molar-refractivity contribution in [3.8, 4) is 44.5 Å². The van der Waals surface area contributed by atoms with Crippen LogP contribution in [0.15, 0.2) is 217 Å². The molecule has 0 saturated carbocycles. The van der Waals surface area contributed by atoms with Crippen LogP contribution in [-0.4, -0.2) is 0 Å². The number of furan rings is 1. The molecule has 0 N–H and O–H groups in total. The van der Waals surface area contributed by atoms with E-state index in [2.05, 4.69) is 217 Å². The van der Waals surface area contributed by atoms with Crippen LogP contribution in [0.1, 0.15) is 0 Å². The summed E-state index contributed by atoms with van der Waals surface area (Å²) in [6, 6.07) is 75.8. The number of benzene rings is 9. The molecule has 254 valence electrons. The number of hydrogen-bond donors (Lipinski definition) is 0. The fourth-order valence-corrected chi connectivity index (χ4v) is 7.86. The lowest BCUT2D eigenvalue weighted by atomic mass is 9.91. The van der Waals surface area contributed by atoms with E-state index in [9.17, 15) is 0 Å². The van der Waals surface area contributed by atoms with Crippen LogP contribution in [0.25, 0.3) is 77.2 Å². The van der Waals surface area contributed by atoms with Crippen molar-refractivity contribution >= 4 is 49.8 Å². The van der Waals surface area contributed by atoms with Crippen LogP contribution >= 0.6 is 0 Å². The van der Waals surface area contributed by atoms with Gasteiger partial charge in [-0.05, 0) is 98.4 Å². The van der Waals surface area contributed by atoms with E-state index in [-0.39, 0.29) is 0 Å². The normalized spacial score (nSPS) is 11.3. The van der Waals surface area contributed by atoms with E-state index in [1.54, 1.807) is 0 Å². The molecule has 1 heterocycles. The molecule has 0 unspecified atom stereocenters. The smallest absolute Gasteiger partial charge is 0.143 e. The van der Waals surface area contributed by atoms with E-state index in [1.807, 2.05) is 0 Å². The SMILES string of the molecule is c1ccc(-c2cccc(N(c3ccc(-c4ccc(-c5ccccc5)cc4-c4ccccc4)cc3)c3cccc4oc5c6ccccc6ccc5c34)c2)cc1. The highest BCUT2D eigenvalue weighted by Gasteiger charge is 2.21. The molecule has 0 spiro atoms. The van der Waals surface area contributed by atoms with Gasteiger partial charge in [-0.15, -0.1) is 0 Å². The summed E-state index contributed by atoms with van der Waals surface area (Å²) in [5.74, 6) is 0. The first-order valence-electron chi connectivity index (χ1n) is 18.4. The zero-order valence-electron chi connectivity index (χ0n) is 29.6. The Balaban J connectivity index is 1.15. The molecule has 2 heteroatoms. The molecule has 9 aromatic carbocycles. The molecule has 10 aromatic rings. The lowest BCUT2D eigenvalue weighted by Crippen LogP contribution is -2.10. The topological polar surface area (TPSA) is 16.4 Å². The van der Waals surface area contributed by atoms with Gasteiger partial charge in [0.25, 0.3) is 0 Å². The Labute approximate surface area is 314 Å². The highest BCUT2D eigenvalue weighted by atomic mass is 16.3. The van der Waals surface area contributed by atoms with Crippen molar-refractivity contribution in [1.82, 2.24) is 0 Å². The Morgan fingerprint density at radius 1 is 0.333 bits per heavy atom. The second-order valence-corrected chi connectivity index (χ2v) is 13.7. The standard InChI is InChI=1S/C52H35NO/c1-4-14-36(15-5-1)41-21-12-22-44(34-41)53(49-24-13-25-50-51(49)47-33-28-39-20-10-11-23-46(39)52(47)54-50)43-30-26-40(27-31-43)45-32-29-42(37-16-6-2-7-17-37)35-48(45)38-18-8-3-9-19-38/h1-35H. The summed E-state index contributed by atoms with van der Waals surface area (Å²) in [6.07, 6.45) is 0. The van der Waals surface area contributed by atoms with Gasteiger partial charge in [0.2, 0.25) is 0 Å². The van der Waals surface area contributed by atoms with Gasteiger partial charge in [0.15, 0.2) is 0 Å². The third-order valence-corrected chi connectivity index (χ3v) is 10.5. The minimum Gasteiger partial charge on any atom is -0.455 e. The van der Waals surface area contributed by atoms with Crippen LogP contribution in [0.2, 0.25) is 0 Å². The maximum Gasteiger partial charge on any atom is 0.143 e. The number of anilines is 3. The van der Waals surface area contributed by atoms with Crippen molar-refractivity contribution < 1.29 is 4.42 Å². The molecule has 0 bridgehead atoms. The van der Waals surface area contributed by atoms with Crippen molar-refractivity contribution in [2.75, 3.05) is 4.90 Å². The van der Waals surface area contributed by atoms with Gasteiger partial charge in [-0.2, -0.15) is 0 Å². The molecule has 0 radical (unpaired) electrons. The molecule has 0 aliphatic rings. The van der Waals surface area contributed by atoms with Crippen molar-refractivity contribution in [1.29, 1.82) is 0 Å². The first-order chi connectivity index (χ1) is 26.8. The molecule has 0 atom stereocenters. The van der Waals surface area contributed by atoms with Gasteiger partial charge in [-0.1, -0.05) is 164 Å². The van der Waals surface area contributed by atoms with Crippen LogP contribution in [0.4, 0.5) is 17.1 Å². The van der Waals surface area contributed by atoms with Crippen LogP contribution in [-0.2, 0) is 0 Å². The molecule has 0 saturated heterocycles. The van der Waals surface area contributed by atoms with E-state index in [0.29, 0.717) is 0 Å². The van der Waals surface area contributed by atoms with Gasteiger partial charge in [0, 0.05) is 22.1 Å². The summed E-state index contributed by atoms with van der Waals surface area (Å²) in [6.45, 7) is 0. The van der Waals surface area contributed by atoms with E-state index in [1.165, 1.54) is 38.8 Å². The Morgan fingerprint density at radius 2 is 0.926 bits per heavy atom. The minimum absolute atomic E-state index is 0.866. The zero-order valence-corrected chi connectivity index (χ0v) is 29.6. The average molecular weight is 690 g/mol. The first-order valence-corrected chi connectivity index (χ1v) is 18.4. The first kappa shape index (κ1) is 31.6. The lowest BCUT2D eigenvalue weighted by molar-refractivity contribution is 0.672. The Morgan fingerprint density at radius 3 is 1.67 bits per heavy atom. The molecule has 2 nitrogen and oxygen atoms in total. The predicted molar refractivity (Wildman–Crippen MR) is 228 cm³/mol. The average Bonchev–Trinajstić information content (AvgIpc) is 3.65. The fraction of sp³-hybridized carbons (Fsp3) is 0. The predicted octanol–water partition coefficient (Wildman–Crippen LogP) is 14.9. The monoisotopic (exact) mass is 689 g/mol. The Kier molecular flexibility index (Phi) is 7.85. The molecular formula is C52H35NO. The van der Waals surface area contributed by atoms with Gasteiger partial charge >= 0.3 is 0 Å². The quantitative estimate of drug-likeness (QED) is 0.166. The van der Waals surface area contributed by atoms with Crippen molar-refractivity contribution in [3.05, 3.63) is 212 Å². The van der Waals surface area contributed by atoms with Gasteiger partial charge in [-0.25, -0.2) is 0 Å². The third-order valence-electron chi connectivity index (χ3n) is 10.5. The van der Waals surface area contributed by atoms with Crippen LogP contribution < -0.4 is 4.90 Å². The summed E-state index contributed by atoms with van der Waals surface area (Å²) < 4.78 is 6.67. The number of rotatable bonds is 7. The van der Waals surface area contributed by atoms with E-state index in [4.69, 9.17) is 4.42 Å². The van der Waals surface area contributed by atoms with Gasteiger partial charge in [0.1, 0.15) is 11.2 Å². The van der Waals surface area contributed by atoms with E-state index < -0.39 is 0 Å². The highest BCUT2D eigenvalue weighted by molar-refractivity contribution is 6.19. The minimum atomic E-state index is 0.866. The van der Waals surface area contributed by atoms with Crippen LogP contribution in [0.3, 0.4) is 0 Å². The van der Waals surface area contributed by atoms with Gasteiger partial charge in [-0.3, -0.25) is 0 Å². The number of hydrogen-bond acceptors (Lipinski definition) is 2. The molecule has 1 aromatic heterocycles. The van der Waals surface area contributed by atoms with Gasteiger partial charge in [0.05, 0.1) is 11.1 Å². The van der Waals surface area contributed by atoms with Gasteiger partial charge < -0.3 is 9.32 Å². The highest BCUT2D eigenvalue weighted by Crippen LogP contribution is 2.45. The van der Waals surface area contributed by atoms with Crippen molar-refractivity contribution in [2.45, 2.75) is 0 Å². The van der Waals surface area contributed by atoms with Crippen molar-refractivity contribution in [3.63, 3.8) is 0 Å². The summed E-state index contributed by atoms with van der Waals surface area (Å²) in [5.41, 5.74) is 14.5. The zero-order chi connectivity index (χ0) is 35.8. The molecule has 54 heavy (non-hydrogen) atoms. The largest absolute Gasteiger partial charge is 0.455 e. The molecule has 10 rings (SSSR count). The third kappa shape index (κ3) is 5.62. The van der Waals surface area contributed by atoms with Crippen LogP contribution in [0.5, 0.6) is 0 Å². The second kappa shape index (κ2) is 13.4. The van der Waals surface area contributed by atoms with Crippen molar-refractivity contribution in [2.24, 2.45) is 0 Å². The summed E-state index contributed by atoms with van der Waals surface area (Å²) in [5, 5.41) is 4.48. The molecule has 0 fully saturated rings. The second-order valence-electron chi connectivity index (χ2n) is 13.7. The summed E-state index contributed by atoms with van der Waals surface area (Å²) in [7, 11) is 0. The number of nitrogens with zero attached hydrogens (tertiary/aromatic N) is 1. The maximum absolute atomic E-state index is 6.67. The molecule has 0 amide bonds. The van der Waals surface area contributed by atoms with E-state index >= 15 is 0 Å². The molecule has 0 aliphatic heterocycles. The number of fused-ring (bicyclic) bond motifs is 5. The van der Waals surface area contributed by atoms with Crippen LogP contribution in [0, 0.1) is 0 Å². The fourth-order valence-electron chi connectivity index (χ4n) is 7.86.